The average Bonchev–Trinajstić information content (AvgIpc) is 2.29. The Balaban J connectivity index is 2.38. The second kappa shape index (κ2) is 4.70. The second-order valence-corrected chi connectivity index (χ2v) is 4.60. The third-order valence-corrected chi connectivity index (χ3v) is 3.31. The summed E-state index contributed by atoms with van der Waals surface area (Å²) in [7, 11) is 0. The van der Waals surface area contributed by atoms with Crippen molar-refractivity contribution in [1.29, 1.82) is 0 Å². The highest BCUT2D eigenvalue weighted by molar-refractivity contribution is 5.90. The lowest BCUT2D eigenvalue weighted by molar-refractivity contribution is -0.166. The topological polar surface area (TPSA) is 43.4 Å². The Morgan fingerprint density at radius 3 is 2.24 bits per heavy atom. The van der Waals surface area contributed by atoms with Crippen LogP contribution in [0.25, 0.3) is 0 Å². The van der Waals surface area contributed by atoms with E-state index in [1.165, 1.54) is 0 Å². The molecule has 0 amide bonds. The predicted molar refractivity (Wildman–Crippen MR) is 63.4 cm³/mol. The zero-order chi connectivity index (χ0) is 12.3. The number of hydrogen-bond donors (Lipinski definition) is 0. The van der Waals surface area contributed by atoms with E-state index in [0.717, 1.165) is 18.4 Å². The zero-order valence-electron chi connectivity index (χ0n) is 9.94. The third kappa shape index (κ3) is 2.38. The zero-order valence-corrected chi connectivity index (χ0v) is 9.94. The highest BCUT2D eigenvalue weighted by Gasteiger charge is 2.41. The van der Waals surface area contributed by atoms with Crippen LogP contribution in [0, 0.1) is 0 Å². The Hall–Kier alpha value is -1.64. The Labute approximate surface area is 101 Å². The first kappa shape index (κ1) is 11.8. The Bertz CT molecular complexity index is 406. The fourth-order valence-electron chi connectivity index (χ4n) is 2.61. The summed E-state index contributed by atoms with van der Waals surface area (Å²) in [6, 6.07) is 9.80. The first-order valence-electron chi connectivity index (χ1n) is 5.95. The Kier molecular flexibility index (Phi) is 3.27. The van der Waals surface area contributed by atoms with Gasteiger partial charge in [-0.3, -0.25) is 9.59 Å². The van der Waals surface area contributed by atoms with E-state index in [1.807, 2.05) is 30.3 Å². The minimum Gasteiger partial charge on any atom is -0.393 e. The highest BCUT2D eigenvalue weighted by Crippen LogP contribution is 2.39. The summed E-state index contributed by atoms with van der Waals surface area (Å²) < 4.78 is 4.63. The van der Waals surface area contributed by atoms with Crippen molar-refractivity contribution in [1.82, 2.24) is 0 Å². The Morgan fingerprint density at radius 1 is 1.12 bits per heavy atom. The number of cyclic esters (lactones) is 2. The Morgan fingerprint density at radius 2 is 1.71 bits per heavy atom. The molecule has 1 heterocycles. The van der Waals surface area contributed by atoms with E-state index >= 15 is 0 Å². The molecule has 3 nitrogen and oxygen atoms in total. The maximum absolute atomic E-state index is 11.5. The standard InChI is InChI=1S/C14H16O3/c1-2-8-14(11-6-4-3-5-7-11)9-12(15)17-13(16)10-14/h3-7H,2,8-10H2,1H3. The molecule has 0 saturated carbocycles. The van der Waals surface area contributed by atoms with E-state index in [1.54, 1.807) is 0 Å². The summed E-state index contributed by atoms with van der Waals surface area (Å²) in [5, 5.41) is 0. The molecule has 0 unspecified atom stereocenters. The van der Waals surface area contributed by atoms with Gasteiger partial charge < -0.3 is 4.74 Å². The summed E-state index contributed by atoms with van der Waals surface area (Å²) >= 11 is 0. The molecule has 1 saturated heterocycles. The van der Waals surface area contributed by atoms with E-state index in [2.05, 4.69) is 11.7 Å². The van der Waals surface area contributed by atoms with Crippen LogP contribution in [0.2, 0.25) is 0 Å². The van der Waals surface area contributed by atoms with Gasteiger partial charge in [0.25, 0.3) is 0 Å². The lowest BCUT2D eigenvalue weighted by atomic mass is 9.71. The van der Waals surface area contributed by atoms with Gasteiger partial charge in [-0.25, -0.2) is 0 Å². The lowest BCUT2D eigenvalue weighted by Gasteiger charge is -2.35. The first-order chi connectivity index (χ1) is 8.16. The minimum atomic E-state index is -0.404. The quantitative estimate of drug-likeness (QED) is 0.594. The van der Waals surface area contributed by atoms with Gasteiger partial charge in [-0.1, -0.05) is 43.7 Å². The summed E-state index contributed by atoms with van der Waals surface area (Å²) in [5.41, 5.74) is 0.703. The number of carbonyl (C=O) groups is 2. The molecule has 1 aliphatic rings. The van der Waals surface area contributed by atoms with Crippen LogP contribution in [-0.4, -0.2) is 11.9 Å². The monoisotopic (exact) mass is 232 g/mol. The van der Waals surface area contributed by atoms with Crippen molar-refractivity contribution < 1.29 is 14.3 Å². The fraction of sp³-hybridized carbons (Fsp3) is 0.429. The number of esters is 2. The van der Waals surface area contributed by atoms with E-state index in [-0.39, 0.29) is 5.41 Å². The molecule has 0 radical (unpaired) electrons. The molecule has 1 fully saturated rings. The summed E-state index contributed by atoms with van der Waals surface area (Å²) in [6.45, 7) is 2.06. The van der Waals surface area contributed by atoms with Gasteiger partial charge >= 0.3 is 11.9 Å². The van der Waals surface area contributed by atoms with Crippen LogP contribution in [0.4, 0.5) is 0 Å². The highest BCUT2D eigenvalue weighted by atomic mass is 16.6. The average molecular weight is 232 g/mol. The van der Waals surface area contributed by atoms with E-state index in [9.17, 15) is 9.59 Å². The molecule has 0 aliphatic carbocycles. The van der Waals surface area contributed by atoms with Crippen LogP contribution in [-0.2, 0) is 19.7 Å². The molecular formula is C14H16O3. The van der Waals surface area contributed by atoms with Crippen molar-refractivity contribution in [2.24, 2.45) is 0 Å². The van der Waals surface area contributed by atoms with Gasteiger partial charge in [0.2, 0.25) is 0 Å². The van der Waals surface area contributed by atoms with Crippen molar-refractivity contribution in [2.45, 2.75) is 38.0 Å². The van der Waals surface area contributed by atoms with Gasteiger partial charge in [-0.2, -0.15) is 0 Å². The lowest BCUT2D eigenvalue weighted by Crippen LogP contribution is -2.39. The summed E-state index contributed by atoms with van der Waals surface area (Å²) in [4.78, 5) is 23.0. The van der Waals surface area contributed by atoms with Crippen LogP contribution in [0.15, 0.2) is 30.3 Å². The van der Waals surface area contributed by atoms with Crippen molar-refractivity contribution in [3.8, 4) is 0 Å². The molecule has 2 rings (SSSR count). The van der Waals surface area contributed by atoms with Crippen LogP contribution in [0.3, 0.4) is 0 Å². The van der Waals surface area contributed by atoms with Gasteiger partial charge in [0, 0.05) is 5.41 Å². The first-order valence-corrected chi connectivity index (χ1v) is 5.95. The van der Waals surface area contributed by atoms with Gasteiger partial charge in [0.15, 0.2) is 0 Å². The molecule has 0 bridgehead atoms. The minimum absolute atomic E-state index is 0.302. The number of carbonyl (C=O) groups excluding carboxylic acids is 2. The molecule has 1 aromatic carbocycles. The molecule has 1 aromatic rings. The molecule has 1 aliphatic heterocycles. The number of benzene rings is 1. The molecule has 0 atom stereocenters. The molecule has 3 heteroatoms. The SMILES string of the molecule is CCCC1(c2ccccc2)CC(=O)OC(=O)C1. The maximum atomic E-state index is 11.5. The van der Waals surface area contributed by atoms with E-state index in [0.29, 0.717) is 12.8 Å². The number of hydrogen-bond acceptors (Lipinski definition) is 3. The molecule has 17 heavy (non-hydrogen) atoms. The van der Waals surface area contributed by atoms with Crippen molar-refractivity contribution >= 4 is 11.9 Å². The van der Waals surface area contributed by atoms with Gasteiger partial charge in [0.05, 0.1) is 12.8 Å². The molecular weight excluding hydrogens is 216 g/mol. The van der Waals surface area contributed by atoms with Crippen molar-refractivity contribution in [3.63, 3.8) is 0 Å². The molecule has 0 spiro atoms. The van der Waals surface area contributed by atoms with Gasteiger partial charge in [0.1, 0.15) is 0 Å². The predicted octanol–water partition coefficient (Wildman–Crippen LogP) is 2.59. The van der Waals surface area contributed by atoms with Crippen molar-refractivity contribution in [3.05, 3.63) is 35.9 Å². The van der Waals surface area contributed by atoms with Crippen LogP contribution >= 0.6 is 0 Å². The normalized spacial score (nSPS) is 18.9. The van der Waals surface area contributed by atoms with Crippen molar-refractivity contribution in [2.75, 3.05) is 0 Å². The van der Waals surface area contributed by atoms with E-state index in [4.69, 9.17) is 0 Å². The fourth-order valence-corrected chi connectivity index (χ4v) is 2.61. The van der Waals surface area contributed by atoms with Crippen LogP contribution in [0.1, 0.15) is 38.2 Å². The summed E-state index contributed by atoms with van der Waals surface area (Å²) in [5.74, 6) is -0.808. The molecule has 0 N–H and O–H groups in total. The second-order valence-electron chi connectivity index (χ2n) is 4.60. The third-order valence-electron chi connectivity index (χ3n) is 3.31. The van der Waals surface area contributed by atoms with Crippen LogP contribution < -0.4 is 0 Å². The van der Waals surface area contributed by atoms with Gasteiger partial charge in [-0.15, -0.1) is 0 Å². The van der Waals surface area contributed by atoms with Crippen LogP contribution in [0.5, 0.6) is 0 Å². The molecule has 0 aromatic heterocycles. The summed E-state index contributed by atoms with van der Waals surface area (Å²) in [6.07, 6.45) is 2.38. The molecule has 90 valence electrons. The van der Waals surface area contributed by atoms with E-state index < -0.39 is 11.9 Å². The largest absolute Gasteiger partial charge is 0.393 e. The smallest absolute Gasteiger partial charge is 0.314 e. The number of ether oxygens (including phenoxy) is 1. The maximum Gasteiger partial charge on any atom is 0.314 e. The number of rotatable bonds is 3. The van der Waals surface area contributed by atoms with Gasteiger partial charge in [-0.05, 0) is 12.0 Å².